The minimum atomic E-state index is -0.442. The summed E-state index contributed by atoms with van der Waals surface area (Å²) in [5.74, 6) is 0.287. The second-order valence-corrected chi connectivity index (χ2v) is 5.05. The Labute approximate surface area is 89.5 Å². The Hall–Kier alpha value is -1.12. The normalized spacial score (nSPS) is 16.5. The molecular weight excluding hydrogens is 193 g/mol. The highest BCUT2D eigenvalue weighted by molar-refractivity contribution is 5.33. The molecule has 1 heterocycles. The lowest BCUT2D eigenvalue weighted by atomic mass is 9.91. The third kappa shape index (κ3) is 2.46. The van der Waals surface area contributed by atoms with E-state index in [1.54, 1.807) is 6.07 Å². The van der Waals surface area contributed by atoms with Gasteiger partial charge in [-0.05, 0) is 25.0 Å². The molecule has 2 nitrogen and oxygen atoms in total. The summed E-state index contributed by atoms with van der Waals surface area (Å²) in [6, 6.07) is 3.04. The molecule has 0 bridgehead atoms. The molecule has 0 amide bonds. The van der Waals surface area contributed by atoms with Crippen LogP contribution in [0, 0.1) is 5.95 Å². The van der Waals surface area contributed by atoms with Crippen LogP contribution in [0.1, 0.15) is 39.3 Å². The molecule has 0 spiro atoms. The number of aromatic nitrogens is 1. The molecule has 0 radical (unpaired) electrons. The van der Waals surface area contributed by atoms with Crippen molar-refractivity contribution in [2.75, 3.05) is 0 Å². The molecule has 0 N–H and O–H groups in total. The lowest BCUT2D eigenvalue weighted by Crippen LogP contribution is -2.17. The topological polar surface area (TPSA) is 22.1 Å². The highest BCUT2D eigenvalue weighted by Gasteiger charge is 2.28. The Balaban J connectivity index is 2.34. The largest absolute Gasteiger partial charge is 0.488 e. The van der Waals surface area contributed by atoms with Crippen LogP contribution < -0.4 is 4.74 Å². The van der Waals surface area contributed by atoms with Crippen molar-refractivity contribution in [3.8, 4) is 5.75 Å². The monoisotopic (exact) mass is 209 g/mol. The number of ether oxygens (including phenoxy) is 1. The molecule has 15 heavy (non-hydrogen) atoms. The van der Waals surface area contributed by atoms with Crippen LogP contribution in [0.25, 0.3) is 0 Å². The fraction of sp³-hybridized carbons (Fsp3) is 0.583. The molecule has 1 aliphatic carbocycles. The zero-order valence-corrected chi connectivity index (χ0v) is 9.38. The summed E-state index contributed by atoms with van der Waals surface area (Å²) in [6.45, 7) is 6.03. The molecule has 2 rings (SSSR count). The Morgan fingerprint density at radius 1 is 1.33 bits per heavy atom. The summed E-state index contributed by atoms with van der Waals surface area (Å²) >= 11 is 0. The molecule has 1 fully saturated rings. The second kappa shape index (κ2) is 3.47. The average Bonchev–Trinajstić information content (AvgIpc) is 2.90. The summed E-state index contributed by atoms with van der Waals surface area (Å²) in [7, 11) is 0. The first-order valence-electron chi connectivity index (χ1n) is 5.30. The van der Waals surface area contributed by atoms with Crippen LogP contribution >= 0.6 is 0 Å². The van der Waals surface area contributed by atoms with E-state index in [1.807, 2.05) is 20.8 Å². The van der Waals surface area contributed by atoms with Crippen molar-refractivity contribution >= 4 is 0 Å². The standard InChI is InChI=1S/C12H16FNO/c1-12(2,3)11-9(15-8-4-5-8)6-7-10(13)14-11/h6-8H,4-5H2,1-3H3. The van der Waals surface area contributed by atoms with E-state index in [1.165, 1.54) is 6.07 Å². The van der Waals surface area contributed by atoms with Crippen LogP contribution in [0.2, 0.25) is 0 Å². The number of rotatable bonds is 2. The van der Waals surface area contributed by atoms with Crippen LogP contribution in [-0.4, -0.2) is 11.1 Å². The molecule has 1 aliphatic rings. The third-order valence-corrected chi connectivity index (χ3v) is 2.35. The molecule has 1 aromatic rings. The van der Waals surface area contributed by atoms with Gasteiger partial charge in [0.1, 0.15) is 5.75 Å². The van der Waals surface area contributed by atoms with E-state index in [9.17, 15) is 4.39 Å². The average molecular weight is 209 g/mol. The van der Waals surface area contributed by atoms with Crippen LogP contribution in [0.15, 0.2) is 12.1 Å². The first kappa shape index (κ1) is 10.4. The van der Waals surface area contributed by atoms with Crippen molar-refractivity contribution in [1.82, 2.24) is 4.98 Å². The zero-order chi connectivity index (χ0) is 11.1. The van der Waals surface area contributed by atoms with Gasteiger partial charge in [0, 0.05) is 5.41 Å². The fourth-order valence-corrected chi connectivity index (χ4v) is 1.42. The maximum atomic E-state index is 13.1. The number of nitrogens with zero attached hydrogens (tertiary/aromatic N) is 1. The number of pyridine rings is 1. The molecule has 0 saturated heterocycles. The maximum Gasteiger partial charge on any atom is 0.213 e. The van der Waals surface area contributed by atoms with E-state index in [0.717, 1.165) is 18.6 Å². The maximum absolute atomic E-state index is 13.1. The molecule has 1 saturated carbocycles. The summed E-state index contributed by atoms with van der Waals surface area (Å²) in [5, 5.41) is 0. The minimum Gasteiger partial charge on any atom is -0.488 e. The Kier molecular flexibility index (Phi) is 2.41. The van der Waals surface area contributed by atoms with Crippen molar-refractivity contribution in [2.24, 2.45) is 0 Å². The van der Waals surface area contributed by atoms with E-state index >= 15 is 0 Å². The number of hydrogen-bond donors (Lipinski definition) is 0. The van der Waals surface area contributed by atoms with Crippen LogP contribution in [0.3, 0.4) is 0 Å². The first-order chi connectivity index (χ1) is 6.97. The van der Waals surface area contributed by atoms with Crippen LogP contribution in [0.5, 0.6) is 5.75 Å². The van der Waals surface area contributed by atoms with Crippen molar-refractivity contribution in [1.29, 1.82) is 0 Å². The molecule has 1 aromatic heterocycles. The lowest BCUT2D eigenvalue weighted by Gasteiger charge is -2.21. The Morgan fingerprint density at radius 3 is 2.53 bits per heavy atom. The van der Waals surface area contributed by atoms with Gasteiger partial charge in [-0.2, -0.15) is 4.39 Å². The van der Waals surface area contributed by atoms with Gasteiger partial charge in [-0.25, -0.2) is 4.98 Å². The summed E-state index contributed by atoms with van der Waals surface area (Å²) in [4.78, 5) is 3.93. The predicted molar refractivity (Wildman–Crippen MR) is 56.5 cm³/mol. The van der Waals surface area contributed by atoms with Crippen LogP contribution in [0.4, 0.5) is 4.39 Å². The van der Waals surface area contributed by atoms with Gasteiger partial charge in [0.05, 0.1) is 11.8 Å². The highest BCUT2D eigenvalue weighted by Crippen LogP contribution is 2.34. The van der Waals surface area contributed by atoms with Gasteiger partial charge in [0.2, 0.25) is 5.95 Å². The summed E-state index contributed by atoms with van der Waals surface area (Å²) in [6.07, 6.45) is 2.51. The van der Waals surface area contributed by atoms with Crippen molar-refractivity contribution in [2.45, 2.75) is 45.1 Å². The predicted octanol–water partition coefficient (Wildman–Crippen LogP) is 3.06. The summed E-state index contributed by atoms with van der Waals surface area (Å²) in [5.41, 5.74) is 0.515. The lowest BCUT2D eigenvalue weighted by molar-refractivity contribution is 0.290. The molecular formula is C12H16FNO. The van der Waals surface area contributed by atoms with Crippen molar-refractivity contribution in [3.05, 3.63) is 23.8 Å². The Morgan fingerprint density at radius 2 is 2.00 bits per heavy atom. The van der Waals surface area contributed by atoms with Gasteiger partial charge in [0.15, 0.2) is 0 Å². The molecule has 0 aromatic carbocycles. The second-order valence-electron chi connectivity index (χ2n) is 5.05. The van der Waals surface area contributed by atoms with E-state index in [0.29, 0.717) is 11.8 Å². The smallest absolute Gasteiger partial charge is 0.213 e. The molecule has 0 unspecified atom stereocenters. The van der Waals surface area contributed by atoms with Gasteiger partial charge in [0.25, 0.3) is 0 Å². The van der Waals surface area contributed by atoms with Crippen molar-refractivity contribution in [3.63, 3.8) is 0 Å². The number of halogens is 1. The van der Waals surface area contributed by atoms with Crippen molar-refractivity contribution < 1.29 is 9.13 Å². The van der Waals surface area contributed by atoms with E-state index in [-0.39, 0.29) is 5.41 Å². The molecule has 0 aliphatic heterocycles. The minimum absolute atomic E-state index is 0.188. The molecule has 82 valence electrons. The van der Waals surface area contributed by atoms with Crippen LogP contribution in [-0.2, 0) is 5.41 Å². The zero-order valence-electron chi connectivity index (χ0n) is 9.38. The van der Waals surface area contributed by atoms with E-state index in [4.69, 9.17) is 4.74 Å². The van der Waals surface area contributed by atoms with Gasteiger partial charge in [-0.15, -0.1) is 0 Å². The highest BCUT2D eigenvalue weighted by atomic mass is 19.1. The SMILES string of the molecule is CC(C)(C)c1nc(F)ccc1OC1CC1. The number of hydrogen-bond acceptors (Lipinski definition) is 2. The van der Waals surface area contributed by atoms with E-state index in [2.05, 4.69) is 4.98 Å². The van der Waals surface area contributed by atoms with Gasteiger partial charge >= 0.3 is 0 Å². The van der Waals surface area contributed by atoms with Gasteiger partial charge in [-0.3, -0.25) is 0 Å². The van der Waals surface area contributed by atoms with E-state index < -0.39 is 5.95 Å². The fourth-order valence-electron chi connectivity index (χ4n) is 1.42. The Bertz CT molecular complexity index is 366. The third-order valence-electron chi connectivity index (χ3n) is 2.35. The molecule has 3 heteroatoms. The van der Waals surface area contributed by atoms with Gasteiger partial charge < -0.3 is 4.74 Å². The van der Waals surface area contributed by atoms with Gasteiger partial charge in [-0.1, -0.05) is 20.8 Å². The molecule has 0 atom stereocenters. The quantitative estimate of drug-likeness (QED) is 0.698. The summed E-state index contributed by atoms with van der Waals surface area (Å²) < 4.78 is 18.8. The first-order valence-corrected chi connectivity index (χ1v) is 5.30.